The fraction of sp³-hybridized carbons (Fsp3) is 0.308. The average molecular weight is 310 g/mol. The third-order valence-electron chi connectivity index (χ3n) is 2.83. The highest BCUT2D eigenvalue weighted by Crippen LogP contribution is 2.26. The summed E-state index contributed by atoms with van der Waals surface area (Å²) in [5.74, 6) is 1.19. The second kappa shape index (κ2) is 6.45. The van der Waals surface area contributed by atoms with E-state index in [0.717, 1.165) is 0 Å². The second-order valence-corrected chi connectivity index (χ2v) is 5.04. The lowest BCUT2D eigenvalue weighted by atomic mass is 10.2. The molecule has 0 saturated carbocycles. The van der Waals surface area contributed by atoms with Crippen molar-refractivity contribution in [2.45, 2.75) is 26.5 Å². The molecule has 3 N–H and O–H groups in total. The van der Waals surface area contributed by atoms with Crippen LogP contribution in [0.15, 0.2) is 29.7 Å². The Morgan fingerprint density at radius 1 is 1.52 bits per heavy atom. The van der Waals surface area contributed by atoms with Gasteiger partial charge >= 0.3 is 0 Å². The highest BCUT2D eigenvalue weighted by Gasteiger charge is 2.10. The van der Waals surface area contributed by atoms with E-state index in [2.05, 4.69) is 15.2 Å². The van der Waals surface area contributed by atoms with Crippen molar-refractivity contribution in [2.24, 2.45) is 10.9 Å². The van der Waals surface area contributed by atoms with Crippen LogP contribution in [0.5, 0.6) is 5.75 Å². The predicted octanol–water partition coefficient (Wildman–Crippen LogP) is 2.19. The molecule has 0 aliphatic rings. The number of rotatable bonds is 5. The monoisotopic (exact) mass is 309 g/mol. The van der Waals surface area contributed by atoms with Gasteiger partial charge < -0.3 is 15.7 Å². The first kappa shape index (κ1) is 15.1. The quantitative estimate of drug-likeness (QED) is 0.382. The van der Waals surface area contributed by atoms with Gasteiger partial charge in [-0.1, -0.05) is 16.8 Å². The van der Waals surface area contributed by atoms with Crippen LogP contribution >= 0.6 is 11.6 Å². The highest BCUT2D eigenvalue weighted by atomic mass is 35.5. The Balaban J connectivity index is 2.12. The molecule has 112 valence electrons. The van der Waals surface area contributed by atoms with Gasteiger partial charge in [-0.3, -0.25) is 0 Å². The van der Waals surface area contributed by atoms with E-state index >= 15 is 0 Å². The largest absolute Gasteiger partial charge is 0.484 e. The van der Waals surface area contributed by atoms with Gasteiger partial charge in [0, 0.05) is 11.6 Å². The molecule has 0 atom stereocenters. The summed E-state index contributed by atoms with van der Waals surface area (Å²) < 4.78 is 7.42. The predicted molar refractivity (Wildman–Crippen MR) is 78.7 cm³/mol. The van der Waals surface area contributed by atoms with Crippen LogP contribution in [0, 0.1) is 0 Å². The van der Waals surface area contributed by atoms with Crippen molar-refractivity contribution in [1.82, 2.24) is 14.8 Å². The average Bonchev–Trinajstić information content (AvgIpc) is 2.93. The molecule has 0 amide bonds. The van der Waals surface area contributed by atoms with E-state index in [1.54, 1.807) is 22.9 Å². The minimum Gasteiger partial charge on any atom is -0.484 e. The normalized spacial score (nSPS) is 11.9. The number of hydrogen-bond donors (Lipinski definition) is 2. The molecule has 0 unspecified atom stereocenters. The molecule has 0 spiro atoms. The molecule has 1 aromatic carbocycles. The van der Waals surface area contributed by atoms with E-state index in [9.17, 15) is 0 Å². The van der Waals surface area contributed by atoms with E-state index < -0.39 is 0 Å². The van der Waals surface area contributed by atoms with Gasteiger partial charge in [-0.05, 0) is 32.0 Å². The third-order valence-corrected chi connectivity index (χ3v) is 3.12. The number of nitrogens with two attached hydrogens (primary N) is 1. The lowest BCUT2D eigenvalue weighted by molar-refractivity contribution is 0.282. The first-order chi connectivity index (χ1) is 10.0. The molecule has 0 aliphatic carbocycles. The van der Waals surface area contributed by atoms with Crippen molar-refractivity contribution in [3.05, 3.63) is 40.9 Å². The Morgan fingerprint density at radius 3 is 2.90 bits per heavy atom. The summed E-state index contributed by atoms with van der Waals surface area (Å²) in [6.45, 7) is 4.27. The van der Waals surface area contributed by atoms with Gasteiger partial charge in [0.25, 0.3) is 0 Å². The molecule has 1 aromatic heterocycles. The summed E-state index contributed by atoms with van der Waals surface area (Å²) in [6, 6.07) is 5.08. The fourth-order valence-electron chi connectivity index (χ4n) is 1.79. The van der Waals surface area contributed by atoms with Gasteiger partial charge in [0.1, 0.15) is 18.7 Å². The fourth-order valence-corrected chi connectivity index (χ4v) is 2.02. The Labute approximate surface area is 127 Å². The topological polar surface area (TPSA) is 98.5 Å². The minimum absolute atomic E-state index is 0.0111. The first-order valence-corrected chi connectivity index (χ1v) is 6.69. The molecular weight excluding hydrogens is 294 g/mol. The smallest absolute Gasteiger partial charge is 0.170 e. The zero-order valence-electron chi connectivity index (χ0n) is 11.7. The first-order valence-electron chi connectivity index (χ1n) is 6.31. The maximum Gasteiger partial charge on any atom is 0.170 e. The van der Waals surface area contributed by atoms with E-state index in [1.165, 1.54) is 6.33 Å². The number of aromatic nitrogens is 3. The van der Waals surface area contributed by atoms with Gasteiger partial charge in [0.2, 0.25) is 0 Å². The Hall–Kier alpha value is -2.28. The van der Waals surface area contributed by atoms with Gasteiger partial charge in [0.15, 0.2) is 11.7 Å². The number of hydrogen-bond acceptors (Lipinski definition) is 5. The maximum atomic E-state index is 8.63. The lowest BCUT2D eigenvalue weighted by Gasteiger charge is -2.11. The number of halogens is 1. The number of oxime groups is 1. The van der Waals surface area contributed by atoms with Crippen LogP contribution in [0.3, 0.4) is 0 Å². The molecule has 0 saturated heterocycles. The van der Waals surface area contributed by atoms with Crippen molar-refractivity contribution >= 4 is 17.4 Å². The summed E-state index contributed by atoms with van der Waals surface area (Å²) in [5, 5.41) is 16.1. The van der Waals surface area contributed by atoms with Crippen molar-refractivity contribution in [2.75, 3.05) is 0 Å². The standard InChI is InChI=1S/C13H16ClN5O2/c1-8(2)19-12(16-7-17-19)6-21-11-4-3-9(5-10(11)14)13(15)18-20/h3-5,7-8,20H,6H2,1-2H3,(H2,15,18). The summed E-state index contributed by atoms with van der Waals surface area (Å²) in [7, 11) is 0. The zero-order valence-corrected chi connectivity index (χ0v) is 12.4. The maximum absolute atomic E-state index is 8.63. The summed E-state index contributed by atoms with van der Waals surface area (Å²) >= 11 is 6.11. The van der Waals surface area contributed by atoms with Crippen molar-refractivity contribution in [3.8, 4) is 5.75 Å². The molecule has 2 rings (SSSR count). The molecule has 0 radical (unpaired) electrons. The second-order valence-electron chi connectivity index (χ2n) is 4.63. The van der Waals surface area contributed by atoms with E-state index in [-0.39, 0.29) is 18.5 Å². The molecular formula is C13H16ClN5O2. The molecule has 8 heteroatoms. The van der Waals surface area contributed by atoms with Crippen molar-refractivity contribution in [1.29, 1.82) is 0 Å². The van der Waals surface area contributed by atoms with Gasteiger partial charge in [-0.25, -0.2) is 9.67 Å². The van der Waals surface area contributed by atoms with Crippen LogP contribution < -0.4 is 10.5 Å². The lowest BCUT2D eigenvalue weighted by Crippen LogP contribution is -2.13. The van der Waals surface area contributed by atoms with Gasteiger partial charge in [0.05, 0.1) is 5.02 Å². The van der Waals surface area contributed by atoms with Crippen LogP contribution in [-0.4, -0.2) is 25.8 Å². The van der Waals surface area contributed by atoms with Crippen LogP contribution in [0.25, 0.3) is 0 Å². The number of amidine groups is 1. The minimum atomic E-state index is -0.0111. The third kappa shape index (κ3) is 3.43. The van der Waals surface area contributed by atoms with E-state index in [0.29, 0.717) is 22.2 Å². The molecule has 0 bridgehead atoms. The Morgan fingerprint density at radius 2 is 2.29 bits per heavy atom. The summed E-state index contributed by atoms with van der Waals surface area (Å²) in [4.78, 5) is 4.15. The number of ether oxygens (including phenoxy) is 1. The Kier molecular flexibility index (Phi) is 4.64. The van der Waals surface area contributed by atoms with Crippen LogP contribution in [0.4, 0.5) is 0 Å². The van der Waals surface area contributed by atoms with Gasteiger partial charge in [-0.2, -0.15) is 5.10 Å². The van der Waals surface area contributed by atoms with Crippen molar-refractivity contribution < 1.29 is 9.94 Å². The number of nitrogens with zero attached hydrogens (tertiary/aromatic N) is 4. The summed E-state index contributed by atoms with van der Waals surface area (Å²) in [5.41, 5.74) is 6.01. The van der Waals surface area contributed by atoms with Crippen molar-refractivity contribution in [3.63, 3.8) is 0 Å². The summed E-state index contributed by atoms with van der Waals surface area (Å²) in [6.07, 6.45) is 1.49. The highest BCUT2D eigenvalue weighted by molar-refractivity contribution is 6.32. The molecule has 0 aliphatic heterocycles. The van der Waals surface area contributed by atoms with E-state index in [1.807, 2.05) is 13.8 Å². The van der Waals surface area contributed by atoms with Crippen LogP contribution in [0.1, 0.15) is 31.3 Å². The molecule has 2 aromatic rings. The van der Waals surface area contributed by atoms with E-state index in [4.69, 9.17) is 27.3 Å². The molecule has 7 nitrogen and oxygen atoms in total. The van der Waals surface area contributed by atoms with Crippen LogP contribution in [0.2, 0.25) is 5.02 Å². The molecule has 1 heterocycles. The zero-order chi connectivity index (χ0) is 15.4. The SMILES string of the molecule is CC(C)n1ncnc1COc1ccc(C(N)=NO)cc1Cl. The van der Waals surface area contributed by atoms with Crippen LogP contribution in [-0.2, 0) is 6.61 Å². The number of benzene rings is 1. The Bertz CT molecular complexity index is 654. The van der Waals surface area contributed by atoms with Gasteiger partial charge in [-0.15, -0.1) is 0 Å². The molecule has 21 heavy (non-hydrogen) atoms. The molecule has 0 fully saturated rings.